The summed E-state index contributed by atoms with van der Waals surface area (Å²) in [6.07, 6.45) is 12.8. The number of carbonyl (C=O) groups is 1. The van der Waals surface area contributed by atoms with E-state index in [1.165, 1.54) is 12.7 Å². The van der Waals surface area contributed by atoms with Crippen molar-refractivity contribution in [2.24, 2.45) is 23.7 Å². The first-order chi connectivity index (χ1) is 13.0. The minimum atomic E-state index is -0.538. The van der Waals surface area contributed by atoms with E-state index < -0.39 is 6.10 Å². The lowest BCUT2D eigenvalue weighted by atomic mass is 9.88. The zero-order chi connectivity index (χ0) is 19.8. The molecule has 27 heavy (non-hydrogen) atoms. The van der Waals surface area contributed by atoms with Crippen molar-refractivity contribution in [2.75, 3.05) is 7.11 Å². The van der Waals surface area contributed by atoms with Crippen LogP contribution < -0.4 is 0 Å². The molecule has 4 nitrogen and oxygen atoms in total. The molecule has 0 radical (unpaired) electrons. The lowest BCUT2D eigenvalue weighted by Gasteiger charge is -2.19. The van der Waals surface area contributed by atoms with Crippen molar-refractivity contribution in [3.8, 4) is 11.8 Å². The second-order valence-electron chi connectivity index (χ2n) is 7.65. The van der Waals surface area contributed by atoms with Gasteiger partial charge in [-0.1, -0.05) is 42.9 Å². The molecule has 0 spiro atoms. The zero-order valence-corrected chi connectivity index (χ0v) is 16.6. The van der Waals surface area contributed by atoms with Gasteiger partial charge in [-0.15, -0.1) is 11.8 Å². The second-order valence-corrected chi connectivity index (χ2v) is 7.65. The van der Waals surface area contributed by atoms with Crippen molar-refractivity contribution in [2.45, 2.75) is 58.2 Å². The lowest BCUT2D eigenvalue weighted by Crippen LogP contribution is -2.19. The highest BCUT2D eigenvalue weighted by atomic mass is 16.5. The van der Waals surface area contributed by atoms with E-state index in [2.05, 4.69) is 28.7 Å². The lowest BCUT2D eigenvalue weighted by molar-refractivity contribution is -0.140. The molecule has 4 heteroatoms. The molecule has 1 fully saturated rings. The number of carbonyl (C=O) groups excluding carboxylic acids is 1. The summed E-state index contributed by atoms with van der Waals surface area (Å²) in [6, 6.07) is 0. The number of aliphatic hydroxyl groups excluding tert-OH is 2. The predicted molar refractivity (Wildman–Crippen MR) is 107 cm³/mol. The Morgan fingerprint density at radius 2 is 2.26 bits per heavy atom. The molecule has 2 aliphatic rings. The van der Waals surface area contributed by atoms with Crippen molar-refractivity contribution >= 4 is 5.97 Å². The Hall–Kier alpha value is -1.83. The number of methoxy groups -OCH3 is 1. The summed E-state index contributed by atoms with van der Waals surface area (Å²) in [5.74, 6) is 6.60. The quantitative estimate of drug-likeness (QED) is 0.389. The molecular weight excluding hydrogens is 340 g/mol. The van der Waals surface area contributed by atoms with Crippen LogP contribution in [-0.4, -0.2) is 35.5 Å². The largest absolute Gasteiger partial charge is 0.469 e. The average Bonchev–Trinajstić information content (AvgIpc) is 3.17. The topological polar surface area (TPSA) is 66.8 Å². The van der Waals surface area contributed by atoms with E-state index in [4.69, 9.17) is 0 Å². The number of ether oxygens (including phenoxy) is 1. The Kier molecular flexibility index (Phi) is 8.34. The van der Waals surface area contributed by atoms with Crippen molar-refractivity contribution in [1.82, 2.24) is 0 Å². The van der Waals surface area contributed by atoms with Gasteiger partial charge in [-0.05, 0) is 43.9 Å². The van der Waals surface area contributed by atoms with Gasteiger partial charge < -0.3 is 14.9 Å². The van der Waals surface area contributed by atoms with E-state index in [-0.39, 0.29) is 23.9 Å². The third-order valence-corrected chi connectivity index (χ3v) is 5.69. The van der Waals surface area contributed by atoms with Crippen LogP contribution in [0.15, 0.2) is 36.0 Å². The van der Waals surface area contributed by atoms with Gasteiger partial charge in [0.15, 0.2) is 0 Å². The van der Waals surface area contributed by atoms with Crippen LogP contribution in [0.5, 0.6) is 0 Å². The number of rotatable bonds is 8. The molecule has 0 saturated heterocycles. The summed E-state index contributed by atoms with van der Waals surface area (Å²) in [7, 11) is 1.40. The Balaban J connectivity index is 1.89. The maximum atomic E-state index is 11.1. The third-order valence-electron chi connectivity index (χ3n) is 5.69. The van der Waals surface area contributed by atoms with E-state index in [0.29, 0.717) is 31.1 Å². The number of allylic oxidation sites excluding steroid dienone is 4. The first-order valence-corrected chi connectivity index (χ1v) is 9.84. The second kappa shape index (κ2) is 10.5. The minimum absolute atomic E-state index is 0.0753. The van der Waals surface area contributed by atoms with E-state index in [0.717, 1.165) is 12.8 Å². The third kappa shape index (κ3) is 6.09. The normalized spacial score (nSPS) is 29.3. The van der Waals surface area contributed by atoms with Crippen LogP contribution in [0.3, 0.4) is 0 Å². The minimum Gasteiger partial charge on any atom is -0.469 e. The number of hydrogen-bond donors (Lipinski definition) is 2. The Morgan fingerprint density at radius 1 is 1.48 bits per heavy atom. The van der Waals surface area contributed by atoms with Gasteiger partial charge in [-0.3, -0.25) is 4.79 Å². The van der Waals surface area contributed by atoms with Crippen molar-refractivity contribution in [3.63, 3.8) is 0 Å². The highest BCUT2D eigenvalue weighted by Gasteiger charge is 2.43. The molecule has 0 aromatic heterocycles. The average molecular weight is 373 g/mol. The van der Waals surface area contributed by atoms with Crippen LogP contribution in [0.2, 0.25) is 0 Å². The Labute approximate surface area is 163 Å². The molecule has 0 aromatic carbocycles. The van der Waals surface area contributed by atoms with Crippen LogP contribution in [0.1, 0.15) is 46.0 Å². The summed E-state index contributed by atoms with van der Waals surface area (Å²) in [4.78, 5) is 11.1. The highest BCUT2D eigenvalue weighted by molar-refractivity contribution is 5.69. The molecule has 0 aliphatic heterocycles. The van der Waals surface area contributed by atoms with Crippen LogP contribution in [0.25, 0.3) is 0 Å². The van der Waals surface area contributed by atoms with Crippen LogP contribution in [-0.2, 0) is 9.53 Å². The molecule has 0 bridgehead atoms. The molecule has 6 atom stereocenters. The first-order valence-electron chi connectivity index (χ1n) is 9.84. The molecule has 148 valence electrons. The molecule has 2 rings (SSSR count). The zero-order valence-electron chi connectivity index (χ0n) is 16.6. The van der Waals surface area contributed by atoms with Gasteiger partial charge in [-0.2, -0.15) is 0 Å². The smallest absolute Gasteiger partial charge is 0.305 e. The number of fused-ring (bicyclic) bond motifs is 1. The molecule has 0 heterocycles. The van der Waals surface area contributed by atoms with Gasteiger partial charge >= 0.3 is 5.97 Å². The SMILES string of the molecule is CC#CCC(C)[C@@H](O)/C=C\[C@H]1[C@H]2CC(C=CCCC(=O)OC)=C[C@H]2C[C@H]1O. The van der Waals surface area contributed by atoms with Crippen molar-refractivity contribution in [3.05, 3.63) is 36.0 Å². The molecular formula is C23H32O4. The maximum Gasteiger partial charge on any atom is 0.305 e. The molecule has 1 unspecified atom stereocenters. The Morgan fingerprint density at radius 3 is 2.96 bits per heavy atom. The van der Waals surface area contributed by atoms with Gasteiger partial charge in [0.1, 0.15) is 0 Å². The van der Waals surface area contributed by atoms with Gasteiger partial charge in [0.05, 0.1) is 19.3 Å². The Bertz CT molecular complexity index is 649. The summed E-state index contributed by atoms with van der Waals surface area (Å²) >= 11 is 0. The van der Waals surface area contributed by atoms with Crippen LogP contribution in [0, 0.1) is 35.5 Å². The highest BCUT2D eigenvalue weighted by Crippen LogP contribution is 2.47. The maximum absolute atomic E-state index is 11.1. The fraction of sp³-hybridized carbons (Fsp3) is 0.609. The molecule has 2 N–H and O–H groups in total. The van der Waals surface area contributed by atoms with E-state index in [9.17, 15) is 15.0 Å². The van der Waals surface area contributed by atoms with E-state index >= 15 is 0 Å². The van der Waals surface area contributed by atoms with Gasteiger partial charge in [0.2, 0.25) is 0 Å². The summed E-state index contributed by atoms with van der Waals surface area (Å²) in [5.41, 5.74) is 1.27. The van der Waals surface area contributed by atoms with Crippen LogP contribution in [0.4, 0.5) is 0 Å². The molecule has 1 saturated carbocycles. The van der Waals surface area contributed by atoms with Gasteiger partial charge in [0, 0.05) is 18.8 Å². The summed E-state index contributed by atoms with van der Waals surface area (Å²) in [6.45, 7) is 3.79. The monoisotopic (exact) mass is 372 g/mol. The molecule has 2 aliphatic carbocycles. The standard InChI is InChI=1S/C23H32O4/c1-4-5-8-16(2)21(24)12-11-19-20-14-17(13-18(20)15-22(19)25)9-6-7-10-23(26)27-3/h6,9,11-13,16,18-22,24-25H,7-8,10,14-15H2,1-3H3/b9-6?,12-11-/t16?,18-,19-,20-,21-,22+/m0/s1. The summed E-state index contributed by atoms with van der Waals surface area (Å²) in [5, 5.41) is 20.7. The number of hydrogen-bond acceptors (Lipinski definition) is 4. The van der Waals surface area contributed by atoms with Crippen LogP contribution >= 0.6 is 0 Å². The molecule has 0 aromatic rings. The molecule has 0 amide bonds. The van der Waals surface area contributed by atoms with Crippen molar-refractivity contribution < 1.29 is 19.7 Å². The fourth-order valence-corrected chi connectivity index (χ4v) is 4.02. The fourth-order valence-electron chi connectivity index (χ4n) is 4.02. The number of aliphatic hydroxyl groups is 2. The van der Waals surface area contributed by atoms with E-state index in [1.807, 2.05) is 25.2 Å². The first kappa shape index (κ1) is 21.5. The number of esters is 1. The van der Waals surface area contributed by atoms with Gasteiger partial charge in [0.25, 0.3) is 0 Å². The van der Waals surface area contributed by atoms with Crippen molar-refractivity contribution in [1.29, 1.82) is 0 Å². The van der Waals surface area contributed by atoms with Gasteiger partial charge in [-0.25, -0.2) is 0 Å². The van der Waals surface area contributed by atoms with E-state index in [1.54, 1.807) is 6.92 Å². The predicted octanol–water partition coefficient (Wildman–Crippen LogP) is 3.41. The summed E-state index contributed by atoms with van der Waals surface area (Å²) < 4.78 is 4.64.